The van der Waals surface area contributed by atoms with E-state index in [4.69, 9.17) is 5.21 Å². The third kappa shape index (κ3) is 3.34. The topological polar surface area (TPSA) is 91.7 Å². The average molecular weight is 333 g/mol. The van der Waals surface area contributed by atoms with Crippen LogP contribution < -0.4 is 4.72 Å². The van der Waals surface area contributed by atoms with Crippen LogP contribution >= 0.6 is 11.3 Å². The van der Waals surface area contributed by atoms with Crippen molar-refractivity contribution in [1.82, 2.24) is 4.98 Å². The number of hydrogen-bond donors (Lipinski definition) is 2. The fraction of sp³-hybridized carbons (Fsp3) is 0.0909. The Morgan fingerprint density at radius 1 is 1.38 bits per heavy atom. The van der Waals surface area contributed by atoms with Crippen LogP contribution in [0.4, 0.5) is 13.9 Å². The zero-order valence-electron chi connectivity index (χ0n) is 10.5. The van der Waals surface area contributed by atoms with Crippen LogP contribution in [0.2, 0.25) is 0 Å². The van der Waals surface area contributed by atoms with E-state index in [2.05, 4.69) is 14.9 Å². The number of nitrogens with one attached hydrogen (secondary N) is 1. The van der Waals surface area contributed by atoms with Gasteiger partial charge in [0, 0.05) is 5.38 Å². The first-order valence-corrected chi connectivity index (χ1v) is 7.82. The number of anilines is 1. The van der Waals surface area contributed by atoms with Crippen LogP contribution in [0, 0.1) is 11.6 Å². The Labute approximate surface area is 122 Å². The van der Waals surface area contributed by atoms with Crippen molar-refractivity contribution in [3.8, 4) is 0 Å². The molecule has 0 saturated carbocycles. The summed E-state index contributed by atoms with van der Waals surface area (Å²) in [7, 11) is -4.08. The lowest BCUT2D eigenvalue weighted by Crippen LogP contribution is -2.13. The molecule has 0 fully saturated rings. The number of nitrogens with zero attached hydrogens (tertiary/aromatic N) is 2. The van der Waals surface area contributed by atoms with Gasteiger partial charge in [-0.05, 0) is 25.1 Å². The van der Waals surface area contributed by atoms with Crippen LogP contribution in [-0.2, 0) is 10.0 Å². The molecule has 1 heterocycles. The number of sulfonamides is 1. The second-order valence-corrected chi connectivity index (χ2v) is 6.45. The van der Waals surface area contributed by atoms with Crippen molar-refractivity contribution in [3.05, 3.63) is 40.9 Å². The van der Waals surface area contributed by atoms with Crippen LogP contribution in [0.25, 0.3) is 0 Å². The molecule has 0 aliphatic rings. The molecule has 0 atom stereocenters. The number of aromatic nitrogens is 1. The molecule has 1 aromatic heterocycles. The minimum absolute atomic E-state index is 0.0118. The second-order valence-electron chi connectivity index (χ2n) is 3.90. The fourth-order valence-corrected chi connectivity index (χ4v) is 3.37. The van der Waals surface area contributed by atoms with Gasteiger partial charge in [-0.3, -0.25) is 4.72 Å². The van der Waals surface area contributed by atoms with Crippen molar-refractivity contribution in [2.24, 2.45) is 5.16 Å². The van der Waals surface area contributed by atoms with Gasteiger partial charge in [0.1, 0.15) is 11.4 Å². The molecule has 2 aromatic rings. The molecule has 0 bridgehead atoms. The van der Waals surface area contributed by atoms with E-state index in [1.54, 1.807) is 0 Å². The van der Waals surface area contributed by atoms with Gasteiger partial charge in [0.15, 0.2) is 16.8 Å². The van der Waals surface area contributed by atoms with E-state index in [9.17, 15) is 17.2 Å². The van der Waals surface area contributed by atoms with Gasteiger partial charge in [-0.1, -0.05) is 5.16 Å². The van der Waals surface area contributed by atoms with E-state index in [1.807, 2.05) is 0 Å². The van der Waals surface area contributed by atoms with Crippen LogP contribution in [0.1, 0.15) is 12.6 Å². The first kappa shape index (κ1) is 15.3. The molecule has 2 rings (SSSR count). The standard InChI is InChI=1S/C11H9F2N3O3S2/c1-6(15-17)10-5-20-11(14-10)16-21(18,19)7-2-3-8(12)9(13)4-7/h2-5,17H,1H3,(H,14,16). The average Bonchev–Trinajstić information content (AvgIpc) is 2.88. The monoisotopic (exact) mass is 333 g/mol. The summed E-state index contributed by atoms with van der Waals surface area (Å²) >= 11 is 0.961. The van der Waals surface area contributed by atoms with Gasteiger partial charge in [-0.2, -0.15) is 0 Å². The molecule has 0 aliphatic heterocycles. The zero-order valence-corrected chi connectivity index (χ0v) is 12.2. The molecule has 1 aromatic carbocycles. The molecule has 0 unspecified atom stereocenters. The predicted octanol–water partition coefficient (Wildman–Crippen LogP) is 2.42. The summed E-state index contributed by atoms with van der Waals surface area (Å²) in [6.45, 7) is 1.49. The summed E-state index contributed by atoms with van der Waals surface area (Å²) < 4.78 is 52.0. The number of benzene rings is 1. The Kier molecular flexibility index (Phi) is 4.19. The summed E-state index contributed by atoms with van der Waals surface area (Å²) in [6.07, 6.45) is 0. The molecule has 2 N–H and O–H groups in total. The molecule has 0 amide bonds. The zero-order chi connectivity index (χ0) is 15.6. The van der Waals surface area contributed by atoms with Crippen molar-refractivity contribution >= 4 is 32.2 Å². The summed E-state index contributed by atoms with van der Waals surface area (Å²) in [5, 5.41) is 13.0. The number of oxime groups is 1. The van der Waals surface area contributed by atoms with Crippen molar-refractivity contribution in [2.45, 2.75) is 11.8 Å². The van der Waals surface area contributed by atoms with Gasteiger partial charge in [-0.15, -0.1) is 11.3 Å². The van der Waals surface area contributed by atoms with Gasteiger partial charge in [0.05, 0.1) is 4.90 Å². The molecule has 112 valence electrons. The molecular formula is C11H9F2N3O3S2. The van der Waals surface area contributed by atoms with E-state index in [-0.39, 0.29) is 10.8 Å². The largest absolute Gasteiger partial charge is 0.411 e. The Balaban J connectivity index is 2.29. The van der Waals surface area contributed by atoms with Gasteiger partial charge in [-0.25, -0.2) is 22.2 Å². The molecule has 0 radical (unpaired) electrons. The number of thiazole rings is 1. The lowest BCUT2D eigenvalue weighted by atomic mass is 10.3. The predicted molar refractivity (Wildman–Crippen MR) is 73.3 cm³/mol. The minimum atomic E-state index is -4.08. The van der Waals surface area contributed by atoms with E-state index in [1.165, 1.54) is 12.3 Å². The molecule has 0 saturated heterocycles. The highest BCUT2D eigenvalue weighted by Gasteiger charge is 2.18. The molecule has 0 aliphatic carbocycles. The lowest BCUT2D eigenvalue weighted by molar-refractivity contribution is 0.319. The van der Waals surface area contributed by atoms with E-state index >= 15 is 0 Å². The maximum atomic E-state index is 13.1. The Bertz CT molecular complexity index is 803. The maximum absolute atomic E-state index is 13.1. The van der Waals surface area contributed by atoms with E-state index < -0.39 is 26.6 Å². The van der Waals surface area contributed by atoms with Crippen LogP contribution in [-0.4, -0.2) is 24.3 Å². The van der Waals surface area contributed by atoms with Gasteiger partial charge < -0.3 is 5.21 Å². The van der Waals surface area contributed by atoms with Gasteiger partial charge in [0.25, 0.3) is 10.0 Å². The fourth-order valence-electron chi connectivity index (χ4n) is 1.36. The molecule has 21 heavy (non-hydrogen) atoms. The first-order chi connectivity index (χ1) is 9.83. The summed E-state index contributed by atoms with van der Waals surface area (Å²) in [6, 6.07) is 2.24. The summed E-state index contributed by atoms with van der Waals surface area (Å²) in [4.78, 5) is 3.48. The Hall–Kier alpha value is -2.07. The molecular weight excluding hydrogens is 324 g/mol. The van der Waals surface area contributed by atoms with Gasteiger partial charge >= 0.3 is 0 Å². The Morgan fingerprint density at radius 3 is 2.71 bits per heavy atom. The van der Waals surface area contributed by atoms with Crippen LogP contribution in [0.15, 0.2) is 33.6 Å². The SMILES string of the molecule is CC(=NO)c1csc(NS(=O)(=O)c2ccc(F)c(F)c2)n1. The molecule has 10 heteroatoms. The first-order valence-electron chi connectivity index (χ1n) is 5.46. The highest BCUT2D eigenvalue weighted by atomic mass is 32.2. The summed E-state index contributed by atoms with van der Waals surface area (Å²) in [5.74, 6) is -2.40. The second kappa shape index (κ2) is 5.74. The van der Waals surface area contributed by atoms with E-state index in [0.717, 1.165) is 23.5 Å². The van der Waals surface area contributed by atoms with Crippen molar-refractivity contribution in [2.75, 3.05) is 4.72 Å². The van der Waals surface area contributed by atoms with Crippen molar-refractivity contribution < 1.29 is 22.4 Å². The van der Waals surface area contributed by atoms with Gasteiger partial charge in [0.2, 0.25) is 0 Å². The minimum Gasteiger partial charge on any atom is -0.411 e. The van der Waals surface area contributed by atoms with Crippen molar-refractivity contribution in [3.63, 3.8) is 0 Å². The highest BCUT2D eigenvalue weighted by molar-refractivity contribution is 7.93. The lowest BCUT2D eigenvalue weighted by Gasteiger charge is -2.05. The summed E-state index contributed by atoms with van der Waals surface area (Å²) in [5.41, 5.74) is 0.509. The quantitative estimate of drug-likeness (QED) is 0.511. The van der Waals surface area contributed by atoms with E-state index in [0.29, 0.717) is 11.8 Å². The molecule has 0 spiro atoms. The maximum Gasteiger partial charge on any atom is 0.263 e. The number of hydrogen-bond acceptors (Lipinski definition) is 6. The number of rotatable bonds is 4. The molecule has 6 nitrogen and oxygen atoms in total. The van der Waals surface area contributed by atoms with Crippen molar-refractivity contribution in [1.29, 1.82) is 0 Å². The number of halogens is 2. The Morgan fingerprint density at radius 2 is 2.10 bits per heavy atom. The normalized spacial score (nSPS) is 12.4. The highest BCUT2D eigenvalue weighted by Crippen LogP contribution is 2.21. The smallest absolute Gasteiger partial charge is 0.263 e. The van der Waals surface area contributed by atoms with Crippen LogP contribution in [0.3, 0.4) is 0 Å². The third-order valence-corrected chi connectivity index (χ3v) is 4.67. The van der Waals surface area contributed by atoms with Crippen LogP contribution in [0.5, 0.6) is 0 Å². The third-order valence-electron chi connectivity index (χ3n) is 2.45.